The van der Waals surface area contributed by atoms with Crippen LogP contribution in [0.1, 0.15) is 30.0 Å². The first-order chi connectivity index (χ1) is 10.9. The average molecular weight is 336 g/mol. The van der Waals surface area contributed by atoms with Crippen LogP contribution >= 0.6 is 0 Å². The fraction of sp³-hybridized carbons (Fsp3) is 0.312. The Morgan fingerprint density at radius 2 is 1.87 bits per heavy atom. The molecule has 1 aromatic carbocycles. The molecule has 0 spiro atoms. The van der Waals surface area contributed by atoms with Gasteiger partial charge >= 0.3 is 0 Å². The predicted octanol–water partition coefficient (Wildman–Crippen LogP) is 1.94. The van der Waals surface area contributed by atoms with Gasteiger partial charge in [-0.2, -0.15) is 0 Å². The van der Waals surface area contributed by atoms with E-state index >= 15 is 0 Å². The van der Waals surface area contributed by atoms with Crippen molar-refractivity contribution in [3.8, 4) is 0 Å². The fourth-order valence-electron chi connectivity index (χ4n) is 2.03. The van der Waals surface area contributed by atoms with Crippen LogP contribution in [0.2, 0.25) is 0 Å². The van der Waals surface area contributed by atoms with Crippen molar-refractivity contribution in [2.24, 2.45) is 0 Å². The summed E-state index contributed by atoms with van der Waals surface area (Å²) in [4.78, 5) is 11.9. The Kier molecular flexibility index (Phi) is 5.57. The molecule has 2 aromatic rings. The summed E-state index contributed by atoms with van der Waals surface area (Å²) in [5, 5.41) is 2.74. The lowest BCUT2D eigenvalue weighted by Crippen LogP contribution is -2.30. The standard InChI is InChI=1S/C16H20N2O4S/c1-12(2)18-23(20,21)14-7-5-13(6-8-14)9-10-17-16(19)15-4-3-11-22-15/h3-8,11-12,18H,9-10H2,1-2H3,(H,17,19). The molecule has 1 amide bonds. The molecule has 23 heavy (non-hydrogen) atoms. The lowest BCUT2D eigenvalue weighted by molar-refractivity contribution is 0.0926. The Morgan fingerprint density at radius 3 is 2.43 bits per heavy atom. The Bertz CT molecular complexity index is 735. The van der Waals surface area contributed by atoms with Crippen LogP contribution in [0.3, 0.4) is 0 Å². The number of benzene rings is 1. The lowest BCUT2D eigenvalue weighted by Gasteiger charge is -2.10. The number of rotatable bonds is 7. The van der Waals surface area contributed by atoms with Gasteiger partial charge in [0.2, 0.25) is 10.0 Å². The first-order valence-electron chi connectivity index (χ1n) is 7.31. The van der Waals surface area contributed by atoms with E-state index in [1.807, 2.05) is 0 Å². The van der Waals surface area contributed by atoms with Crippen molar-refractivity contribution in [2.45, 2.75) is 31.2 Å². The van der Waals surface area contributed by atoms with Gasteiger partial charge in [-0.05, 0) is 50.1 Å². The monoisotopic (exact) mass is 336 g/mol. The second kappa shape index (κ2) is 7.43. The molecule has 2 rings (SSSR count). The van der Waals surface area contributed by atoms with Crippen LogP contribution in [0.4, 0.5) is 0 Å². The number of nitrogens with one attached hydrogen (secondary N) is 2. The van der Waals surface area contributed by atoms with E-state index in [1.165, 1.54) is 6.26 Å². The van der Waals surface area contributed by atoms with E-state index in [9.17, 15) is 13.2 Å². The van der Waals surface area contributed by atoms with Crippen LogP contribution in [0, 0.1) is 0 Å². The minimum absolute atomic E-state index is 0.156. The van der Waals surface area contributed by atoms with Gasteiger partial charge in [-0.25, -0.2) is 13.1 Å². The van der Waals surface area contributed by atoms with Crippen molar-refractivity contribution in [1.82, 2.24) is 10.0 Å². The predicted molar refractivity (Wildman–Crippen MR) is 86.6 cm³/mol. The van der Waals surface area contributed by atoms with Crippen molar-refractivity contribution in [3.63, 3.8) is 0 Å². The van der Waals surface area contributed by atoms with Gasteiger partial charge in [0.1, 0.15) is 0 Å². The minimum atomic E-state index is -3.47. The summed E-state index contributed by atoms with van der Waals surface area (Å²) in [7, 11) is -3.47. The quantitative estimate of drug-likeness (QED) is 0.809. The van der Waals surface area contributed by atoms with Gasteiger partial charge < -0.3 is 9.73 Å². The SMILES string of the molecule is CC(C)NS(=O)(=O)c1ccc(CCNC(=O)c2ccco2)cc1. The van der Waals surface area contributed by atoms with Crippen LogP contribution in [-0.4, -0.2) is 26.9 Å². The highest BCUT2D eigenvalue weighted by Crippen LogP contribution is 2.11. The molecule has 0 fully saturated rings. The van der Waals surface area contributed by atoms with E-state index in [-0.39, 0.29) is 22.6 Å². The lowest BCUT2D eigenvalue weighted by atomic mass is 10.1. The number of carbonyl (C=O) groups is 1. The molecule has 0 aliphatic carbocycles. The van der Waals surface area contributed by atoms with E-state index < -0.39 is 10.0 Å². The molecule has 0 unspecified atom stereocenters. The molecule has 0 saturated heterocycles. The smallest absolute Gasteiger partial charge is 0.286 e. The maximum atomic E-state index is 12.0. The highest BCUT2D eigenvalue weighted by atomic mass is 32.2. The van der Waals surface area contributed by atoms with Crippen molar-refractivity contribution in [1.29, 1.82) is 0 Å². The minimum Gasteiger partial charge on any atom is -0.459 e. The van der Waals surface area contributed by atoms with Gasteiger partial charge in [-0.1, -0.05) is 12.1 Å². The summed E-state index contributed by atoms with van der Waals surface area (Å²) in [5.74, 6) is 0.00142. The highest BCUT2D eigenvalue weighted by molar-refractivity contribution is 7.89. The number of hydrogen-bond acceptors (Lipinski definition) is 4. The van der Waals surface area contributed by atoms with Crippen molar-refractivity contribution in [3.05, 3.63) is 54.0 Å². The topological polar surface area (TPSA) is 88.4 Å². The normalized spacial score (nSPS) is 11.6. The Hall–Kier alpha value is -2.12. The summed E-state index contributed by atoms with van der Waals surface area (Å²) in [6.07, 6.45) is 2.05. The molecule has 6 nitrogen and oxygen atoms in total. The van der Waals surface area contributed by atoms with E-state index in [4.69, 9.17) is 4.42 Å². The van der Waals surface area contributed by atoms with Crippen LogP contribution in [-0.2, 0) is 16.4 Å². The molecule has 2 N–H and O–H groups in total. The van der Waals surface area contributed by atoms with Gasteiger partial charge in [0.15, 0.2) is 5.76 Å². The molecule has 124 valence electrons. The molecule has 1 heterocycles. The molecular formula is C16H20N2O4S. The Morgan fingerprint density at radius 1 is 1.17 bits per heavy atom. The summed E-state index contributed by atoms with van der Waals surface area (Å²) in [6.45, 7) is 3.98. The molecule has 0 atom stereocenters. The third kappa shape index (κ3) is 4.94. The molecule has 0 bridgehead atoms. The number of amides is 1. The summed E-state index contributed by atoms with van der Waals surface area (Å²) < 4.78 is 31.6. The first kappa shape index (κ1) is 17.2. The van der Waals surface area contributed by atoms with Gasteiger partial charge in [0, 0.05) is 12.6 Å². The maximum Gasteiger partial charge on any atom is 0.286 e. The van der Waals surface area contributed by atoms with E-state index in [0.717, 1.165) is 5.56 Å². The summed E-state index contributed by atoms with van der Waals surface area (Å²) in [6, 6.07) is 9.71. The first-order valence-corrected chi connectivity index (χ1v) is 8.80. The molecule has 0 radical (unpaired) electrons. The Labute approximate surface area is 135 Å². The molecule has 0 saturated carbocycles. The zero-order valence-electron chi connectivity index (χ0n) is 13.1. The average Bonchev–Trinajstić information content (AvgIpc) is 3.00. The molecular weight excluding hydrogens is 316 g/mol. The van der Waals surface area contributed by atoms with E-state index in [1.54, 1.807) is 50.2 Å². The second-order valence-electron chi connectivity index (χ2n) is 5.40. The fourth-order valence-corrected chi connectivity index (χ4v) is 3.28. The molecule has 0 aliphatic rings. The van der Waals surface area contributed by atoms with E-state index in [0.29, 0.717) is 13.0 Å². The number of furan rings is 1. The van der Waals surface area contributed by atoms with Crippen LogP contribution in [0.5, 0.6) is 0 Å². The van der Waals surface area contributed by atoms with Gasteiger partial charge in [0.25, 0.3) is 5.91 Å². The second-order valence-corrected chi connectivity index (χ2v) is 7.12. The molecule has 7 heteroatoms. The van der Waals surface area contributed by atoms with Crippen LogP contribution in [0.15, 0.2) is 52.0 Å². The van der Waals surface area contributed by atoms with Crippen LogP contribution in [0.25, 0.3) is 0 Å². The van der Waals surface area contributed by atoms with Crippen LogP contribution < -0.4 is 10.0 Å². The zero-order chi connectivity index (χ0) is 16.9. The molecule has 1 aromatic heterocycles. The molecule has 0 aliphatic heterocycles. The van der Waals surface area contributed by atoms with Crippen molar-refractivity contribution < 1.29 is 17.6 Å². The third-order valence-corrected chi connectivity index (χ3v) is 4.74. The van der Waals surface area contributed by atoms with Gasteiger partial charge in [-0.3, -0.25) is 4.79 Å². The summed E-state index contributed by atoms with van der Waals surface area (Å²) in [5.41, 5.74) is 0.938. The van der Waals surface area contributed by atoms with E-state index in [2.05, 4.69) is 10.0 Å². The van der Waals surface area contributed by atoms with Gasteiger partial charge in [0.05, 0.1) is 11.2 Å². The van der Waals surface area contributed by atoms with Crippen molar-refractivity contribution in [2.75, 3.05) is 6.54 Å². The number of hydrogen-bond donors (Lipinski definition) is 2. The Balaban J connectivity index is 1.89. The third-order valence-electron chi connectivity index (χ3n) is 3.07. The maximum absolute atomic E-state index is 12.0. The summed E-state index contributed by atoms with van der Waals surface area (Å²) >= 11 is 0. The van der Waals surface area contributed by atoms with Gasteiger partial charge in [-0.15, -0.1) is 0 Å². The highest BCUT2D eigenvalue weighted by Gasteiger charge is 2.14. The largest absolute Gasteiger partial charge is 0.459 e. The van der Waals surface area contributed by atoms with Crippen molar-refractivity contribution >= 4 is 15.9 Å². The number of carbonyl (C=O) groups excluding carboxylic acids is 1. The zero-order valence-corrected chi connectivity index (χ0v) is 13.9. The number of sulfonamides is 1.